The molecule has 2 aromatic rings. The van der Waals surface area contributed by atoms with Crippen LogP contribution in [0.5, 0.6) is 0 Å². The first-order valence-corrected chi connectivity index (χ1v) is 10.4. The average molecular weight is 488 g/mol. The maximum atomic E-state index is 11.9. The van der Waals surface area contributed by atoms with Gasteiger partial charge in [-0.3, -0.25) is 10.4 Å². The van der Waals surface area contributed by atoms with Crippen molar-refractivity contribution in [2.45, 2.75) is 9.79 Å². The summed E-state index contributed by atoms with van der Waals surface area (Å²) in [7, 11) is 0. The number of nitrogen functional groups attached to an aromatic ring is 1. The Morgan fingerprint density at radius 2 is 1.79 bits per heavy atom. The van der Waals surface area contributed by atoms with Crippen molar-refractivity contribution in [3.8, 4) is 22.5 Å². The lowest BCUT2D eigenvalue weighted by Crippen LogP contribution is -2.23. The van der Waals surface area contributed by atoms with Gasteiger partial charge < -0.3 is 25.3 Å². The summed E-state index contributed by atoms with van der Waals surface area (Å²) in [5.74, 6) is -1.32. The second-order valence-corrected chi connectivity index (χ2v) is 7.86. The number of carboxylic acid groups (broad SMARTS) is 1. The molecule has 0 aromatic heterocycles. The molecule has 0 saturated carbocycles. The number of aromatic carboxylic acids is 1. The highest BCUT2D eigenvalue weighted by atomic mass is 32.2. The molecule has 2 aliphatic rings. The summed E-state index contributed by atoms with van der Waals surface area (Å²) in [5, 5.41) is 46.5. The van der Waals surface area contributed by atoms with E-state index in [9.17, 15) is 15.2 Å². The van der Waals surface area contributed by atoms with Gasteiger partial charge in [0.05, 0.1) is 41.1 Å². The van der Waals surface area contributed by atoms with Crippen LogP contribution in [0.1, 0.15) is 10.4 Å². The molecular weight excluding hydrogens is 476 g/mol. The minimum absolute atomic E-state index is 0.0557. The second-order valence-electron chi connectivity index (χ2n) is 6.43. The smallest absolute Gasteiger partial charge is 0.153 e. The monoisotopic (exact) mass is 488 g/mol. The van der Waals surface area contributed by atoms with Gasteiger partial charge in [0.15, 0.2) is 11.3 Å². The van der Waals surface area contributed by atoms with Crippen LogP contribution in [-0.2, 0) is 18.7 Å². The Morgan fingerprint density at radius 1 is 1.03 bits per heavy atom. The van der Waals surface area contributed by atoms with Crippen molar-refractivity contribution in [1.82, 2.24) is 0 Å². The van der Waals surface area contributed by atoms with Crippen LogP contribution in [-0.4, -0.2) is 11.2 Å². The number of nitrogens with two attached hydrogens (primary N) is 1. The molecule has 0 spiro atoms. The number of hydrogen-bond donors (Lipinski definition) is 3. The maximum Gasteiger partial charge on any atom is 0.153 e. The highest BCUT2D eigenvalue weighted by molar-refractivity contribution is 7.95. The molecule has 0 saturated heterocycles. The van der Waals surface area contributed by atoms with E-state index in [1.54, 1.807) is 36.4 Å². The molecule has 1 aliphatic carbocycles. The minimum atomic E-state index is -1.40. The first kappa shape index (κ1) is 23.0. The van der Waals surface area contributed by atoms with Gasteiger partial charge in [0.2, 0.25) is 0 Å². The lowest BCUT2D eigenvalue weighted by molar-refractivity contribution is -0.777. The molecule has 0 bridgehead atoms. The first-order chi connectivity index (χ1) is 16.0. The summed E-state index contributed by atoms with van der Waals surface area (Å²) in [6, 6.07) is 12.4. The summed E-state index contributed by atoms with van der Waals surface area (Å²) >= 11 is 0.997. The van der Waals surface area contributed by atoms with Crippen LogP contribution in [0.25, 0.3) is 33.4 Å². The molecular formula is C20H12N2O9S2-2. The lowest BCUT2D eigenvalue weighted by Gasteiger charge is -2.21. The van der Waals surface area contributed by atoms with Crippen molar-refractivity contribution in [3.05, 3.63) is 59.5 Å². The van der Waals surface area contributed by atoms with Gasteiger partial charge in [-0.05, 0) is 29.8 Å². The zero-order valence-electron chi connectivity index (χ0n) is 16.2. The Morgan fingerprint density at radius 3 is 2.52 bits per heavy atom. The van der Waals surface area contributed by atoms with Crippen molar-refractivity contribution < 1.29 is 43.6 Å². The van der Waals surface area contributed by atoms with E-state index in [-0.39, 0.29) is 37.7 Å². The molecule has 4 N–H and O–H groups in total. The number of benzene rings is 3. The quantitative estimate of drug-likeness (QED) is 0.108. The highest BCUT2D eigenvalue weighted by Gasteiger charge is 2.25. The molecule has 11 nitrogen and oxygen atoms in total. The van der Waals surface area contributed by atoms with Gasteiger partial charge in [0.25, 0.3) is 0 Å². The van der Waals surface area contributed by atoms with E-state index in [2.05, 4.69) is 18.7 Å². The van der Waals surface area contributed by atoms with Gasteiger partial charge >= 0.3 is 0 Å². The van der Waals surface area contributed by atoms with E-state index in [1.165, 1.54) is 12.1 Å². The van der Waals surface area contributed by atoms with E-state index < -0.39 is 5.97 Å². The van der Waals surface area contributed by atoms with E-state index in [0.717, 1.165) is 0 Å². The molecule has 4 rings (SSSR count). The Bertz CT molecular complexity index is 1380. The maximum absolute atomic E-state index is 11.9. The third-order valence-electron chi connectivity index (χ3n) is 4.71. The molecule has 0 fully saturated rings. The minimum Gasteiger partial charge on any atom is -0.691 e. The second kappa shape index (κ2) is 9.78. The average Bonchev–Trinajstić information content (AvgIpc) is 2.81. The van der Waals surface area contributed by atoms with Crippen LogP contribution >= 0.6 is 24.1 Å². The number of anilines is 1. The molecule has 0 amide bonds. The Kier molecular flexibility index (Phi) is 6.83. The Balaban J connectivity index is 2.18. The molecule has 0 radical (unpaired) electrons. The Hall–Kier alpha value is -3.14. The van der Waals surface area contributed by atoms with Crippen molar-refractivity contribution in [1.29, 1.82) is 5.41 Å². The number of carbonyl (C=O) groups is 1. The van der Waals surface area contributed by atoms with Crippen LogP contribution in [0.3, 0.4) is 0 Å². The normalized spacial score (nSPS) is 11.3. The topological polar surface area (TPSA) is 183 Å². The number of rotatable bonds is 8. The van der Waals surface area contributed by atoms with E-state index in [0.29, 0.717) is 46.2 Å². The molecule has 0 atom stereocenters. The summed E-state index contributed by atoms with van der Waals surface area (Å²) in [6.45, 7) is 0. The molecule has 33 heavy (non-hydrogen) atoms. The van der Waals surface area contributed by atoms with Crippen LogP contribution in [0.4, 0.5) is 5.69 Å². The SMILES string of the molecule is N=c1ccc2c(-c3ccccc3C(=O)[O-])c3ccc(N)c(SOOO)c3oc-2c1SOO[O-]. The highest BCUT2D eigenvalue weighted by Crippen LogP contribution is 2.47. The van der Waals surface area contributed by atoms with Crippen LogP contribution in [0.2, 0.25) is 0 Å². The van der Waals surface area contributed by atoms with Gasteiger partial charge in [-0.25, -0.2) is 5.26 Å². The molecule has 1 heterocycles. The fraction of sp³-hybridized carbons (Fsp3) is 0. The first-order valence-electron chi connectivity index (χ1n) is 8.93. The van der Waals surface area contributed by atoms with Crippen molar-refractivity contribution >= 4 is 46.7 Å². The van der Waals surface area contributed by atoms with Crippen molar-refractivity contribution in [3.63, 3.8) is 0 Å². The van der Waals surface area contributed by atoms with Gasteiger partial charge in [0, 0.05) is 22.1 Å². The molecule has 170 valence electrons. The summed E-state index contributed by atoms with van der Waals surface area (Å²) in [5.41, 5.74) is 7.42. The summed E-state index contributed by atoms with van der Waals surface area (Å²) in [6.07, 6.45) is 0. The molecule has 2 aromatic carbocycles. The van der Waals surface area contributed by atoms with Crippen molar-refractivity contribution in [2.24, 2.45) is 0 Å². The van der Waals surface area contributed by atoms with Gasteiger partial charge in [-0.15, -0.1) is 4.33 Å². The van der Waals surface area contributed by atoms with Gasteiger partial charge in [-0.1, -0.05) is 29.3 Å². The predicted octanol–water partition coefficient (Wildman–Crippen LogP) is 2.29. The third-order valence-corrected chi connectivity index (χ3v) is 6.12. The Labute approximate surface area is 193 Å². The zero-order valence-corrected chi connectivity index (χ0v) is 17.9. The molecule has 13 heteroatoms. The van der Waals surface area contributed by atoms with Gasteiger partial charge in [-0.2, -0.15) is 4.33 Å². The fourth-order valence-corrected chi connectivity index (χ4v) is 4.39. The van der Waals surface area contributed by atoms with Crippen LogP contribution < -0.4 is 21.5 Å². The number of nitrogens with one attached hydrogen (secondary N) is 1. The summed E-state index contributed by atoms with van der Waals surface area (Å²) < 4.78 is 15.0. The van der Waals surface area contributed by atoms with Crippen LogP contribution in [0.15, 0.2) is 62.7 Å². The fourth-order valence-electron chi connectivity index (χ4n) is 3.42. The zero-order chi connectivity index (χ0) is 23.5. The molecule has 1 aliphatic heterocycles. The van der Waals surface area contributed by atoms with Crippen molar-refractivity contribution in [2.75, 3.05) is 5.73 Å². The number of fused-ring (bicyclic) bond motifs is 2. The van der Waals surface area contributed by atoms with Crippen LogP contribution in [0, 0.1) is 5.41 Å². The van der Waals surface area contributed by atoms with E-state index >= 15 is 0 Å². The van der Waals surface area contributed by atoms with Gasteiger partial charge in [0.1, 0.15) is 9.79 Å². The summed E-state index contributed by atoms with van der Waals surface area (Å²) in [4.78, 5) is 12.1. The third kappa shape index (κ3) is 4.27. The number of carboxylic acids is 1. The number of carbonyl (C=O) groups excluding carboxylic acids is 1. The van der Waals surface area contributed by atoms with E-state index in [1.807, 2.05) is 0 Å². The predicted molar refractivity (Wildman–Crippen MR) is 112 cm³/mol. The molecule has 0 unspecified atom stereocenters. The lowest BCUT2D eigenvalue weighted by atomic mass is 9.90. The van der Waals surface area contributed by atoms with E-state index in [4.69, 9.17) is 20.8 Å². The standard InChI is InChI=1S/C20H14N2O9S2/c21-13-7-5-11-15(9-3-1-2-4-10(9)20(23)24)12-6-8-14(22)19(33-31-29-26)17(12)27-16(11)18(13)32-30-28-25/h1-8,21,25-26H,22H2,(H,23,24)/p-2. The number of hydrogen-bond acceptors (Lipinski definition) is 13. The largest absolute Gasteiger partial charge is 0.691 e.